The molecule has 5 nitrogen and oxygen atoms in total. The highest BCUT2D eigenvalue weighted by molar-refractivity contribution is 5.72. The Hall–Kier alpha value is -1.91. The predicted molar refractivity (Wildman–Crippen MR) is 71.8 cm³/mol. The van der Waals surface area contributed by atoms with Gasteiger partial charge in [0.05, 0.1) is 17.4 Å². The molecule has 0 heterocycles. The van der Waals surface area contributed by atoms with Crippen LogP contribution in [0.3, 0.4) is 0 Å². The zero-order chi connectivity index (χ0) is 14.4. The van der Waals surface area contributed by atoms with E-state index in [2.05, 4.69) is 0 Å². The van der Waals surface area contributed by atoms with Crippen LogP contribution in [0.4, 0.5) is 5.69 Å². The molecular weight excluding hydrogens is 246 g/mol. The molecule has 0 saturated heterocycles. The third kappa shape index (κ3) is 4.35. The smallest absolute Gasteiger partial charge is 0.308 e. The summed E-state index contributed by atoms with van der Waals surface area (Å²) in [5.41, 5.74) is 1.06. The van der Waals surface area contributed by atoms with Gasteiger partial charge in [-0.15, -0.1) is 0 Å². The molecule has 0 amide bonds. The van der Waals surface area contributed by atoms with Gasteiger partial charge in [0.2, 0.25) is 0 Å². The molecule has 0 aliphatic rings. The van der Waals surface area contributed by atoms with Gasteiger partial charge in [0, 0.05) is 12.1 Å². The first-order valence-electron chi connectivity index (χ1n) is 6.35. The van der Waals surface area contributed by atoms with Crippen LogP contribution in [-0.2, 0) is 16.0 Å². The van der Waals surface area contributed by atoms with Gasteiger partial charge in [0.15, 0.2) is 0 Å². The van der Waals surface area contributed by atoms with Crippen molar-refractivity contribution in [2.24, 2.45) is 11.8 Å². The van der Waals surface area contributed by atoms with Crippen molar-refractivity contribution in [1.29, 1.82) is 0 Å². The Kier molecular flexibility index (Phi) is 5.48. The van der Waals surface area contributed by atoms with Crippen molar-refractivity contribution >= 4 is 11.7 Å². The maximum atomic E-state index is 11.6. The lowest BCUT2D eigenvalue weighted by atomic mass is 9.89. The fourth-order valence-corrected chi connectivity index (χ4v) is 1.81. The molecule has 0 saturated carbocycles. The van der Waals surface area contributed by atoms with Crippen LogP contribution < -0.4 is 0 Å². The number of benzene rings is 1. The Morgan fingerprint density at radius 1 is 1.32 bits per heavy atom. The Bertz CT molecular complexity index is 441. The fourth-order valence-electron chi connectivity index (χ4n) is 1.81. The van der Waals surface area contributed by atoms with E-state index in [0.29, 0.717) is 13.0 Å². The van der Waals surface area contributed by atoms with Crippen LogP contribution >= 0.6 is 0 Å². The van der Waals surface area contributed by atoms with Crippen LogP contribution in [0, 0.1) is 22.0 Å². The Morgan fingerprint density at radius 2 is 1.89 bits per heavy atom. The minimum atomic E-state index is -0.422. The summed E-state index contributed by atoms with van der Waals surface area (Å²) in [6.07, 6.45) is 0.692. The van der Waals surface area contributed by atoms with Crippen molar-refractivity contribution in [2.75, 3.05) is 6.61 Å². The fraction of sp³-hybridized carbons (Fsp3) is 0.500. The molecule has 0 bridgehead atoms. The van der Waals surface area contributed by atoms with Gasteiger partial charge in [-0.25, -0.2) is 0 Å². The standard InChI is InChI=1S/C14H19NO4/c1-4-19-14(16)11(3)10(2)9-12-5-7-13(8-6-12)15(17)18/h5-8,10-11H,4,9H2,1-3H3. The molecule has 2 atom stereocenters. The van der Waals surface area contributed by atoms with Gasteiger partial charge >= 0.3 is 5.97 Å². The number of carbonyl (C=O) groups is 1. The van der Waals surface area contributed by atoms with Crippen molar-refractivity contribution in [3.8, 4) is 0 Å². The molecule has 0 spiro atoms. The summed E-state index contributed by atoms with van der Waals surface area (Å²) in [5, 5.41) is 10.5. The molecule has 1 rings (SSSR count). The quantitative estimate of drug-likeness (QED) is 0.450. The first-order valence-corrected chi connectivity index (χ1v) is 6.35. The second-order valence-electron chi connectivity index (χ2n) is 4.65. The zero-order valence-corrected chi connectivity index (χ0v) is 11.5. The first kappa shape index (κ1) is 15.1. The summed E-state index contributed by atoms with van der Waals surface area (Å²) in [6, 6.07) is 6.42. The highest BCUT2D eigenvalue weighted by Crippen LogP contribution is 2.20. The molecule has 104 valence electrons. The lowest BCUT2D eigenvalue weighted by Crippen LogP contribution is -2.22. The average Bonchev–Trinajstić information content (AvgIpc) is 2.38. The molecule has 0 aliphatic carbocycles. The lowest BCUT2D eigenvalue weighted by Gasteiger charge is -2.18. The highest BCUT2D eigenvalue weighted by Gasteiger charge is 2.21. The van der Waals surface area contributed by atoms with Crippen molar-refractivity contribution in [3.05, 3.63) is 39.9 Å². The molecule has 19 heavy (non-hydrogen) atoms. The van der Waals surface area contributed by atoms with Gasteiger partial charge in [-0.3, -0.25) is 14.9 Å². The van der Waals surface area contributed by atoms with Crippen LogP contribution in [0.2, 0.25) is 0 Å². The molecule has 5 heteroatoms. The van der Waals surface area contributed by atoms with E-state index in [0.717, 1.165) is 5.56 Å². The van der Waals surface area contributed by atoms with E-state index in [-0.39, 0.29) is 23.5 Å². The predicted octanol–water partition coefficient (Wildman–Crippen LogP) is 2.97. The summed E-state index contributed by atoms with van der Waals surface area (Å²) in [4.78, 5) is 21.7. The normalized spacial score (nSPS) is 13.6. The largest absolute Gasteiger partial charge is 0.466 e. The van der Waals surface area contributed by atoms with E-state index in [9.17, 15) is 14.9 Å². The first-order chi connectivity index (χ1) is 8.95. The number of nitro groups is 1. The minimum absolute atomic E-state index is 0.0786. The summed E-state index contributed by atoms with van der Waals surface area (Å²) < 4.78 is 4.98. The number of esters is 1. The number of rotatable bonds is 6. The molecule has 0 aromatic heterocycles. The van der Waals surface area contributed by atoms with Crippen molar-refractivity contribution in [2.45, 2.75) is 27.2 Å². The van der Waals surface area contributed by atoms with E-state index in [1.165, 1.54) is 12.1 Å². The Balaban J connectivity index is 2.63. The number of carbonyl (C=O) groups excluding carboxylic acids is 1. The van der Waals surface area contributed by atoms with E-state index < -0.39 is 4.92 Å². The van der Waals surface area contributed by atoms with Crippen LogP contribution in [0.25, 0.3) is 0 Å². The Labute approximate surface area is 112 Å². The van der Waals surface area contributed by atoms with Crippen molar-refractivity contribution in [1.82, 2.24) is 0 Å². The van der Waals surface area contributed by atoms with Crippen LogP contribution in [0.15, 0.2) is 24.3 Å². The van der Waals surface area contributed by atoms with Crippen LogP contribution in [0.5, 0.6) is 0 Å². The molecule has 0 aliphatic heterocycles. The van der Waals surface area contributed by atoms with Gasteiger partial charge in [0.1, 0.15) is 0 Å². The monoisotopic (exact) mass is 265 g/mol. The molecule has 1 aromatic rings. The third-order valence-electron chi connectivity index (χ3n) is 3.22. The van der Waals surface area contributed by atoms with Crippen molar-refractivity contribution in [3.63, 3.8) is 0 Å². The minimum Gasteiger partial charge on any atom is -0.466 e. The Morgan fingerprint density at radius 3 is 2.37 bits per heavy atom. The topological polar surface area (TPSA) is 69.4 Å². The van der Waals surface area contributed by atoms with Gasteiger partial charge in [-0.2, -0.15) is 0 Å². The van der Waals surface area contributed by atoms with Gasteiger partial charge in [-0.05, 0) is 24.8 Å². The number of hydrogen-bond donors (Lipinski definition) is 0. The zero-order valence-electron chi connectivity index (χ0n) is 11.5. The molecule has 2 unspecified atom stereocenters. The molecular formula is C14H19NO4. The third-order valence-corrected chi connectivity index (χ3v) is 3.22. The molecule has 0 fully saturated rings. The second kappa shape index (κ2) is 6.87. The second-order valence-corrected chi connectivity index (χ2v) is 4.65. The van der Waals surface area contributed by atoms with Gasteiger partial charge < -0.3 is 4.74 Å². The van der Waals surface area contributed by atoms with Crippen molar-refractivity contribution < 1.29 is 14.5 Å². The highest BCUT2D eigenvalue weighted by atomic mass is 16.6. The number of nitrogens with zero attached hydrogens (tertiary/aromatic N) is 1. The maximum Gasteiger partial charge on any atom is 0.308 e. The van der Waals surface area contributed by atoms with E-state index in [1.54, 1.807) is 19.1 Å². The summed E-state index contributed by atoms with van der Waals surface area (Å²) in [5.74, 6) is -0.257. The molecule has 1 aromatic carbocycles. The number of nitro benzene ring substituents is 1. The maximum absolute atomic E-state index is 11.6. The van der Waals surface area contributed by atoms with Gasteiger partial charge in [-0.1, -0.05) is 26.0 Å². The van der Waals surface area contributed by atoms with E-state index >= 15 is 0 Å². The SMILES string of the molecule is CCOC(=O)C(C)C(C)Cc1ccc([N+](=O)[O-])cc1. The molecule has 0 radical (unpaired) electrons. The number of non-ortho nitro benzene ring substituents is 1. The number of ether oxygens (including phenoxy) is 1. The summed E-state index contributed by atoms with van der Waals surface area (Å²) in [7, 11) is 0. The van der Waals surface area contributed by atoms with Crippen LogP contribution in [-0.4, -0.2) is 17.5 Å². The van der Waals surface area contributed by atoms with Crippen LogP contribution in [0.1, 0.15) is 26.3 Å². The summed E-state index contributed by atoms with van der Waals surface area (Å²) in [6.45, 7) is 5.98. The van der Waals surface area contributed by atoms with Gasteiger partial charge in [0.25, 0.3) is 5.69 Å². The molecule has 0 N–H and O–H groups in total. The van der Waals surface area contributed by atoms with E-state index in [1.807, 2.05) is 13.8 Å². The lowest BCUT2D eigenvalue weighted by molar-refractivity contribution is -0.384. The summed E-state index contributed by atoms with van der Waals surface area (Å²) >= 11 is 0. The number of hydrogen-bond acceptors (Lipinski definition) is 4. The van der Waals surface area contributed by atoms with E-state index in [4.69, 9.17) is 4.74 Å². The average molecular weight is 265 g/mol.